The molecule has 0 saturated heterocycles. The van der Waals surface area contributed by atoms with Crippen LogP contribution < -0.4 is 10.2 Å². The van der Waals surface area contributed by atoms with Crippen LogP contribution in [0.4, 0.5) is 4.39 Å². The molecule has 0 fully saturated rings. The molecule has 6 heteroatoms. The van der Waals surface area contributed by atoms with Crippen LogP contribution in [0, 0.1) is 5.82 Å². The summed E-state index contributed by atoms with van der Waals surface area (Å²) in [5, 5.41) is 0.345. The van der Waals surface area contributed by atoms with Crippen LogP contribution in [0.3, 0.4) is 0 Å². The number of esters is 1. The lowest BCUT2D eigenvalue weighted by Crippen LogP contribution is -2.18. The van der Waals surface area contributed by atoms with Gasteiger partial charge in [0, 0.05) is 23.7 Å². The third kappa shape index (κ3) is 3.68. The molecular formula is C19H16FNO4. The number of nitrogens with one attached hydrogen (secondary N) is 1. The fraction of sp³-hybridized carbons (Fsp3) is 0.158. The van der Waals surface area contributed by atoms with E-state index in [9.17, 15) is 14.0 Å². The van der Waals surface area contributed by atoms with Gasteiger partial charge in [-0.2, -0.15) is 0 Å². The first kappa shape index (κ1) is 16.7. The molecule has 3 rings (SSSR count). The van der Waals surface area contributed by atoms with Crippen LogP contribution in [0.2, 0.25) is 0 Å². The summed E-state index contributed by atoms with van der Waals surface area (Å²) in [5.41, 5.74) is 0.0536. The Bertz CT molecular complexity index is 981. The Labute approximate surface area is 143 Å². The maximum Gasteiger partial charge on any atom is 0.343 e. The molecule has 0 aliphatic carbocycles. The van der Waals surface area contributed by atoms with Gasteiger partial charge in [-0.3, -0.25) is 4.79 Å². The van der Waals surface area contributed by atoms with Crippen molar-refractivity contribution < 1.29 is 18.7 Å². The standard InChI is InChI=1S/C19H16FNO4/c1-2-8-24-19(23)16-11-21-17-10-14(6-7-15(17)18(16)22)25-13-5-3-4-12(20)9-13/h3-7,9-11H,2,8H2,1H3,(H,21,22). The maximum atomic E-state index is 13.2. The van der Waals surface area contributed by atoms with Crippen molar-refractivity contribution in [2.45, 2.75) is 13.3 Å². The number of fused-ring (bicyclic) bond motifs is 1. The Balaban J connectivity index is 1.91. The summed E-state index contributed by atoms with van der Waals surface area (Å²) in [6.07, 6.45) is 2.01. The molecule has 1 aromatic heterocycles. The second-order valence-electron chi connectivity index (χ2n) is 5.43. The molecule has 0 amide bonds. The molecule has 0 bridgehead atoms. The van der Waals surface area contributed by atoms with E-state index < -0.39 is 17.2 Å². The van der Waals surface area contributed by atoms with Gasteiger partial charge in [0.2, 0.25) is 5.43 Å². The maximum absolute atomic E-state index is 13.2. The Morgan fingerprint density at radius 2 is 1.96 bits per heavy atom. The average molecular weight is 341 g/mol. The van der Waals surface area contributed by atoms with Gasteiger partial charge in [0.1, 0.15) is 22.9 Å². The van der Waals surface area contributed by atoms with Crippen LogP contribution in [0.5, 0.6) is 11.5 Å². The highest BCUT2D eigenvalue weighted by molar-refractivity contribution is 5.93. The number of ether oxygens (including phenoxy) is 2. The first-order chi connectivity index (χ1) is 12.1. The number of hydrogen-bond acceptors (Lipinski definition) is 4. The predicted octanol–water partition coefficient (Wildman–Crippen LogP) is 4.03. The lowest BCUT2D eigenvalue weighted by molar-refractivity contribution is 0.0503. The van der Waals surface area contributed by atoms with E-state index in [2.05, 4.69) is 4.98 Å². The lowest BCUT2D eigenvalue weighted by atomic mass is 10.1. The van der Waals surface area contributed by atoms with Crippen molar-refractivity contribution in [2.75, 3.05) is 6.61 Å². The van der Waals surface area contributed by atoms with Gasteiger partial charge in [-0.05, 0) is 30.7 Å². The van der Waals surface area contributed by atoms with Crippen molar-refractivity contribution in [1.82, 2.24) is 4.98 Å². The van der Waals surface area contributed by atoms with Crippen LogP contribution in [0.15, 0.2) is 53.5 Å². The van der Waals surface area contributed by atoms with Gasteiger partial charge in [0.15, 0.2) is 0 Å². The molecule has 25 heavy (non-hydrogen) atoms. The molecule has 128 valence electrons. The largest absolute Gasteiger partial charge is 0.462 e. The molecule has 0 radical (unpaired) electrons. The molecule has 0 unspecified atom stereocenters. The van der Waals surface area contributed by atoms with Gasteiger partial charge in [-0.1, -0.05) is 13.0 Å². The van der Waals surface area contributed by atoms with Crippen LogP contribution in [-0.2, 0) is 4.74 Å². The number of carbonyl (C=O) groups is 1. The smallest absolute Gasteiger partial charge is 0.343 e. The third-order valence-corrected chi connectivity index (χ3v) is 3.54. The molecule has 0 saturated carbocycles. The highest BCUT2D eigenvalue weighted by Crippen LogP contribution is 2.24. The van der Waals surface area contributed by atoms with Crippen molar-refractivity contribution in [3.05, 3.63) is 70.3 Å². The van der Waals surface area contributed by atoms with E-state index >= 15 is 0 Å². The number of benzene rings is 2. The minimum absolute atomic E-state index is 0.0419. The summed E-state index contributed by atoms with van der Waals surface area (Å²) in [6.45, 7) is 2.13. The lowest BCUT2D eigenvalue weighted by Gasteiger charge is -2.08. The number of pyridine rings is 1. The normalized spacial score (nSPS) is 10.6. The van der Waals surface area contributed by atoms with E-state index in [1.165, 1.54) is 18.3 Å². The van der Waals surface area contributed by atoms with Crippen LogP contribution in [-0.4, -0.2) is 17.6 Å². The van der Waals surface area contributed by atoms with Gasteiger partial charge in [-0.25, -0.2) is 9.18 Å². The topological polar surface area (TPSA) is 68.4 Å². The minimum atomic E-state index is -0.648. The molecule has 0 spiro atoms. The minimum Gasteiger partial charge on any atom is -0.462 e. The average Bonchev–Trinajstić information content (AvgIpc) is 2.60. The zero-order chi connectivity index (χ0) is 17.8. The van der Waals surface area contributed by atoms with Gasteiger partial charge in [0.25, 0.3) is 0 Å². The Morgan fingerprint density at radius 1 is 1.16 bits per heavy atom. The summed E-state index contributed by atoms with van der Waals surface area (Å²) in [7, 11) is 0. The first-order valence-electron chi connectivity index (χ1n) is 7.84. The number of carbonyl (C=O) groups excluding carboxylic acids is 1. The second-order valence-corrected chi connectivity index (χ2v) is 5.43. The van der Waals surface area contributed by atoms with E-state index in [-0.39, 0.29) is 12.2 Å². The summed E-state index contributed by atoms with van der Waals surface area (Å²) in [4.78, 5) is 27.2. The molecule has 1 N–H and O–H groups in total. The summed E-state index contributed by atoms with van der Waals surface area (Å²) in [6, 6.07) is 10.5. The third-order valence-electron chi connectivity index (χ3n) is 3.54. The Morgan fingerprint density at radius 3 is 2.72 bits per heavy atom. The molecule has 0 atom stereocenters. The number of aromatic amines is 1. The first-order valence-corrected chi connectivity index (χ1v) is 7.84. The molecule has 2 aromatic carbocycles. The van der Waals surface area contributed by atoms with Crippen molar-refractivity contribution in [1.29, 1.82) is 0 Å². The van der Waals surface area contributed by atoms with E-state index in [1.54, 1.807) is 30.3 Å². The van der Waals surface area contributed by atoms with Crippen molar-refractivity contribution in [2.24, 2.45) is 0 Å². The number of hydrogen-bond donors (Lipinski definition) is 1. The number of aromatic nitrogens is 1. The molecule has 0 aliphatic rings. The SMILES string of the molecule is CCCOC(=O)c1c[nH]c2cc(Oc3cccc(F)c3)ccc2c1=O. The number of rotatable bonds is 5. The van der Waals surface area contributed by atoms with E-state index in [4.69, 9.17) is 9.47 Å². The summed E-state index contributed by atoms with van der Waals surface area (Å²) in [5.74, 6) is -0.261. The number of H-pyrrole nitrogens is 1. The van der Waals surface area contributed by atoms with Gasteiger partial charge >= 0.3 is 5.97 Å². The van der Waals surface area contributed by atoms with Gasteiger partial charge < -0.3 is 14.5 Å². The summed E-state index contributed by atoms with van der Waals surface area (Å²) >= 11 is 0. The van der Waals surface area contributed by atoms with E-state index in [0.717, 1.165) is 0 Å². The molecule has 0 aliphatic heterocycles. The van der Waals surface area contributed by atoms with Crippen LogP contribution in [0.1, 0.15) is 23.7 Å². The highest BCUT2D eigenvalue weighted by atomic mass is 19.1. The van der Waals surface area contributed by atoms with E-state index in [1.807, 2.05) is 6.92 Å². The fourth-order valence-corrected chi connectivity index (χ4v) is 2.36. The van der Waals surface area contributed by atoms with Crippen LogP contribution in [0.25, 0.3) is 10.9 Å². The quantitative estimate of drug-likeness (QED) is 0.712. The van der Waals surface area contributed by atoms with Crippen molar-refractivity contribution in [3.63, 3.8) is 0 Å². The zero-order valence-electron chi connectivity index (χ0n) is 13.5. The Hall–Kier alpha value is -3.15. The second kappa shape index (κ2) is 7.17. The van der Waals surface area contributed by atoms with Crippen molar-refractivity contribution >= 4 is 16.9 Å². The van der Waals surface area contributed by atoms with Gasteiger partial charge in [0.05, 0.1) is 12.1 Å². The van der Waals surface area contributed by atoms with Gasteiger partial charge in [-0.15, -0.1) is 0 Å². The summed E-state index contributed by atoms with van der Waals surface area (Å²) < 4.78 is 23.8. The molecule has 5 nitrogen and oxygen atoms in total. The molecular weight excluding hydrogens is 325 g/mol. The predicted molar refractivity (Wildman–Crippen MR) is 91.6 cm³/mol. The van der Waals surface area contributed by atoms with Crippen LogP contribution >= 0.6 is 0 Å². The molecule has 3 aromatic rings. The molecule has 1 heterocycles. The monoisotopic (exact) mass is 341 g/mol. The highest BCUT2D eigenvalue weighted by Gasteiger charge is 2.14. The van der Waals surface area contributed by atoms with Crippen molar-refractivity contribution in [3.8, 4) is 11.5 Å². The zero-order valence-corrected chi connectivity index (χ0v) is 13.5. The number of halogens is 1. The fourth-order valence-electron chi connectivity index (χ4n) is 2.36. The van der Waals surface area contributed by atoms with E-state index in [0.29, 0.717) is 28.8 Å². The Kier molecular flexibility index (Phi) is 4.79.